The lowest BCUT2D eigenvalue weighted by atomic mass is 9.85. The number of carbonyl (C=O) groups is 1. The number of rotatable bonds is 6. The van der Waals surface area contributed by atoms with Gasteiger partial charge in [0.1, 0.15) is 11.3 Å². The summed E-state index contributed by atoms with van der Waals surface area (Å²) in [5.74, 6) is 1.43. The Hall–Kier alpha value is -4.21. The Labute approximate surface area is 196 Å². The molecule has 1 saturated carbocycles. The minimum atomic E-state index is -0.0419. The maximum Gasteiger partial charge on any atom is 0.231 e. The average Bonchev–Trinajstić information content (AvgIpc) is 3.29. The molecule has 174 valence electrons. The van der Waals surface area contributed by atoms with Crippen molar-refractivity contribution in [1.29, 1.82) is 0 Å². The van der Waals surface area contributed by atoms with Crippen molar-refractivity contribution in [3.8, 4) is 5.75 Å². The highest BCUT2D eigenvalue weighted by atomic mass is 16.5. The second kappa shape index (κ2) is 9.34. The number of pyridine rings is 1. The van der Waals surface area contributed by atoms with Crippen molar-refractivity contribution in [3.05, 3.63) is 55.1 Å². The first-order valence-electron chi connectivity index (χ1n) is 11.2. The molecule has 5 rings (SSSR count). The van der Waals surface area contributed by atoms with Crippen LogP contribution in [0.4, 0.5) is 23.1 Å². The maximum atomic E-state index is 12.8. The molecule has 1 amide bonds. The second-order valence-electron chi connectivity index (χ2n) is 8.35. The Bertz CT molecular complexity index is 1300. The van der Waals surface area contributed by atoms with Crippen LogP contribution in [0.2, 0.25) is 0 Å². The van der Waals surface area contributed by atoms with Gasteiger partial charge in [0.2, 0.25) is 11.9 Å². The molecule has 0 saturated heterocycles. The van der Waals surface area contributed by atoms with Gasteiger partial charge in [-0.15, -0.1) is 0 Å². The highest BCUT2D eigenvalue weighted by molar-refractivity contribution is 5.92. The number of nitrogens with zero attached hydrogens (tertiary/aromatic N) is 5. The third-order valence-electron chi connectivity index (χ3n) is 6.16. The summed E-state index contributed by atoms with van der Waals surface area (Å²) in [6.45, 7) is 0. The van der Waals surface area contributed by atoms with Crippen molar-refractivity contribution in [2.45, 2.75) is 31.7 Å². The summed E-state index contributed by atoms with van der Waals surface area (Å²) >= 11 is 0. The van der Waals surface area contributed by atoms with Crippen LogP contribution in [-0.2, 0) is 4.79 Å². The van der Waals surface area contributed by atoms with E-state index in [2.05, 4.69) is 35.1 Å². The molecular formula is C24H26N8O2. The Morgan fingerprint density at radius 1 is 1.12 bits per heavy atom. The van der Waals surface area contributed by atoms with Crippen molar-refractivity contribution in [2.75, 3.05) is 23.5 Å². The number of hydrogen-bond donors (Lipinski definition) is 3. The van der Waals surface area contributed by atoms with Gasteiger partial charge in [0, 0.05) is 29.9 Å². The number of nitrogens with one attached hydrogen (secondary N) is 2. The van der Waals surface area contributed by atoms with Gasteiger partial charge in [-0.3, -0.25) is 9.78 Å². The molecule has 3 aromatic heterocycles. The molecule has 1 fully saturated rings. The van der Waals surface area contributed by atoms with Crippen LogP contribution < -0.4 is 21.1 Å². The summed E-state index contributed by atoms with van der Waals surface area (Å²) in [7, 11) is 1.61. The molecule has 3 heterocycles. The van der Waals surface area contributed by atoms with E-state index >= 15 is 0 Å². The number of carbonyl (C=O) groups excluding carboxylic acids is 1. The summed E-state index contributed by atoms with van der Waals surface area (Å²) in [6, 6.07) is 11.3. The van der Waals surface area contributed by atoms with E-state index in [1.807, 2.05) is 36.4 Å². The van der Waals surface area contributed by atoms with E-state index in [1.165, 1.54) is 0 Å². The Morgan fingerprint density at radius 2 is 1.94 bits per heavy atom. The number of anilines is 4. The normalized spacial score (nSPS) is 17.9. The van der Waals surface area contributed by atoms with Crippen LogP contribution in [0.1, 0.15) is 31.7 Å². The van der Waals surface area contributed by atoms with Gasteiger partial charge in [0.15, 0.2) is 11.5 Å². The number of aromatic nitrogens is 5. The summed E-state index contributed by atoms with van der Waals surface area (Å²) in [5.41, 5.74) is 8.94. The topological polar surface area (TPSA) is 133 Å². The minimum absolute atomic E-state index is 0.0386. The standard InChI is InChI=1S/C24H26N8O2/c1-34-19-6-2-4-16(12-19)28-23(33)15-7-9-18(10-8-15)32-14-27-20-21(25)30-24(31-22(20)32)29-17-5-3-11-26-13-17/h2-6,11-15,18H,7-10H2,1H3,(H,28,33)(H3,25,29,30,31). The van der Waals surface area contributed by atoms with Gasteiger partial charge in [0.05, 0.1) is 25.3 Å². The van der Waals surface area contributed by atoms with E-state index in [0.717, 1.165) is 37.1 Å². The molecule has 10 heteroatoms. The van der Waals surface area contributed by atoms with Crippen molar-refractivity contribution in [2.24, 2.45) is 5.92 Å². The van der Waals surface area contributed by atoms with Gasteiger partial charge in [-0.2, -0.15) is 9.97 Å². The lowest BCUT2D eigenvalue weighted by Crippen LogP contribution is -2.28. The Kier molecular flexibility index (Phi) is 5.94. The Morgan fingerprint density at radius 3 is 2.71 bits per heavy atom. The number of benzene rings is 1. The third kappa shape index (κ3) is 4.47. The molecule has 1 aliphatic rings. The molecule has 1 aliphatic carbocycles. The number of ether oxygens (including phenoxy) is 1. The molecule has 0 unspecified atom stereocenters. The predicted molar refractivity (Wildman–Crippen MR) is 130 cm³/mol. The number of nitrogens with two attached hydrogens (primary N) is 1. The zero-order valence-corrected chi connectivity index (χ0v) is 18.8. The summed E-state index contributed by atoms with van der Waals surface area (Å²) in [5, 5.41) is 6.16. The first-order valence-corrected chi connectivity index (χ1v) is 11.2. The second-order valence-corrected chi connectivity index (χ2v) is 8.35. The lowest BCUT2D eigenvalue weighted by Gasteiger charge is -2.28. The van der Waals surface area contributed by atoms with E-state index in [1.54, 1.807) is 25.8 Å². The molecule has 0 spiro atoms. The van der Waals surface area contributed by atoms with Gasteiger partial charge < -0.3 is 25.7 Å². The molecule has 34 heavy (non-hydrogen) atoms. The zero-order chi connectivity index (χ0) is 23.5. The molecular weight excluding hydrogens is 432 g/mol. The number of hydrogen-bond acceptors (Lipinski definition) is 8. The molecule has 0 bridgehead atoms. The van der Waals surface area contributed by atoms with Crippen LogP contribution in [-0.4, -0.2) is 37.5 Å². The van der Waals surface area contributed by atoms with E-state index in [0.29, 0.717) is 28.7 Å². The number of methoxy groups -OCH3 is 1. The van der Waals surface area contributed by atoms with Gasteiger partial charge >= 0.3 is 0 Å². The molecule has 0 radical (unpaired) electrons. The van der Waals surface area contributed by atoms with E-state index in [4.69, 9.17) is 10.5 Å². The van der Waals surface area contributed by atoms with Crippen LogP contribution in [0, 0.1) is 5.92 Å². The van der Waals surface area contributed by atoms with Crippen LogP contribution in [0.25, 0.3) is 11.2 Å². The molecule has 4 N–H and O–H groups in total. The molecule has 0 aliphatic heterocycles. The summed E-state index contributed by atoms with van der Waals surface area (Å²) in [4.78, 5) is 30.4. The monoisotopic (exact) mass is 458 g/mol. The van der Waals surface area contributed by atoms with E-state index in [-0.39, 0.29) is 17.9 Å². The maximum absolute atomic E-state index is 12.8. The highest BCUT2D eigenvalue weighted by Crippen LogP contribution is 2.35. The fraction of sp³-hybridized carbons (Fsp3) is 0.292. The zero-order valence-electron chi connectivity index (χ0n) is 18.8. The van der Waals surface area contributed by atoms with Crippen LogP contribution >= 0.6 is 0 Å². The van der Waals surface area contributed by atoms with Crippen molar-refractivity contribution < 1.29 is 9.53 Å². The predicted octanol–water partition coefficient (Wildman–Crippen LogP) is 3.93. The van der Waals surface area contributed by atoms with Crippen LogP contribution in [0.15, 0.2) is 55.1 Å². The number of imidazole rings is 1. The molecule has 1 aromatic carbocycles. The molecule has 0 atom stereocenters. The van der Waals surface area contributed by atoms with Crippen molar-refractivity contribution in [1.82, 2.24) is 24.5 Å². The summed E-state index contributed by atoms with van der Waals surface area (Å²) < 4.78 is 7.29. The quantitative estimate of drug-likeness (QED) is 0.396. The van der Waals surface area contributed by atoms with Gasteiger partial charge in [-0.25, -0.2) is 4.98 Å². The van der Waals surface area contributed by atoms with Crippen molar-refractivity contribution >= 4 is 40.2 Å². The van der Waals surface area contributed by atoms with Gasteiger partial charge in [0.25, 0.3) is 0 Å². The smallest absolute Gasteiger partial charge is 0.231 e. The van der Waals surface area contributed by atoms with E-state index < -0.39 is 0 Å². The van der Waals surface area contributed by atoms with Crippen LogP contribution in [0.5, 0.6) is 5.75 Å². The fourth-order valence-corrected chi connectivity index (χ4v) is 4.39. The largest absolute Gasteiger partial charge is 0.497 e. The first-order chi connectivity index (χ1) is 16.6. The SMILES string of the molecule is COc1cccc(NC(=O)C2CCC(n3cnc4c(N)nc(Nc5cccnc5)nc43)CC2)c1. The van der Waals surface area contributed by atoms with Crippen LogP contribution in [0.3, 0.4) is 0 Å². The average molecular weight is 459 g/mol. The first kappa shape index (κ1) is 21.6. The van der Waals surface area contributed by atoms with Gasteiger partial charge in [-0.1, -0.05) is 6.07 Å². The van der Waals surface area contributed by atoms with E-state index in [9.17, 15) is 4.79 Å². The highest BCUT2D eigenvalue weighted by Gasteiger charge is 2.28. The molecule has 10 nitrogen and oxygen atoms in total. The number of nitrogen functional groups attached to an aromatic ring is 1. The molecule has 4 aromatic rings. The summed E-state index contributed by atoms with van der Waals surface area (Å²) in [6.07, 6.45) is 8.41. The number of amides is 1. The number of fused-ring (bicyclic) bond motifs is 1. The fourth-order valence-electron chi connectivity index (χ4n) is 4.39. The van der Waals surface area contributed by atoms with Crippen molar-refractivity contribution in [3.63, 3.8) is 0 Å². The Balaban J connectivity index is 1.28. The van der Waals surface area contributed by atoms with Gasteiger partial charge in [-0.05, 0) is 49.9 Å². The lowest BCUT2D eigenvalue weighted by molar-refractivity contribution is -0.120. The third-order valence-corrected chi connectivity index (χ3v) is 6.16. The minimum Gasteiger partial charge on any atom is -0.497 e.